The van der Waals surface area contributed by atoms with Crippen molar-refractivity contribution < 1.29 is 14.3 Å². The van der Waals surface area contributed by atoms with Gasteiger partial charge in [0.2, 0.25) is 0 Å². The van der Waals surface area contributed by atoms with Crippen LogP contribution in [0.3, 0.4) is 0 Å². The van der Waals surface area contributed by atoms with Crippen LogP contribution in [0, 0.1) is 3.57 Å². The van der Waals surface area contributed by atoms with Gasteiger partial charge in [0.25, 0.3) is 11.8 Å². The van der Waals surface area contributed by atoms with Crippen molar-refractivity contribution in [1.82, 2.24) is 15.6 Å². The maximum absolute atomic E-state index is 12.2. The predicted octanol–water partition coefficient (Wildman–Crippen LogP) is 3.64. The molecule has 1 aliphatic heterocycles. The Bertz CT molecular complexity index is 930. The third-order valence-corrected chi connectivity index (χ3v) is 5.09. The molecular weight excluding hydrogens is 525 g/mol. The summed E-state index contributed by atoms with van der Waals surface area (Å²) < 4.78 is 7.18. The Morgan fingerprint density at radius 3 is 2.78 bits per heavy atom. The Balaban J connectivity index is 1.76. The van der Waals surface area contributed by atoms with Crippen molar-refractivity contribution in [2.45, 2.75) is 19.9 Å². The van der Waals surface area contributed by atoms with Crippen LogP contribution in [0.5, 0.6) is 5.75 Å². The normalized spacial score (nSPS) is 14.7. The van der Waals surface area contributed by atoms with Crippen molar-refractivity contribution in [1.29, 1.82) is 0 Å². The van der Waals surface area contributed by atoms with Gasteiger partial charge >= 0.3 is 0 Å². The number of carbonyl (C=O) groups excluding carboxylic acids is 2. The number of pyridine rings is 1. The molecule has 6 nitrogen and oxygen atoms in total. The van der Waals surface area contributed by atoms with E-state index in [1.165, 1.54) is 0 Å². The van der Waals surface area contributed by atoms with Gasteiger partial charge in [0.15, 0.2) is 5.75 Å². The van der Waals surface area contributed by atoms with E-state index >= 15 is 0 Å². The zero-order valence-electron chi connectivity index (χ0n) is 14.5. The van der Waals surface area contributed by atoms with Gasteiger partial charge in [-0.2, -0.15) is 0 Å². The molecule has 0 unspecified atom stereocenters. The quantitative estimate of drug-likeness (QED) is 0.253. The van der Waals surface area contributed by atoms with E-state index in [2.05, 4.69) is 54.1 Å². The molecular formula is C19H17BrIN3O3. The second-order valence-electron chi connectivity index (χ2n) is 5.85. The first-order valence-electron chi connectivity index (χ1n) is 8.37. The van der Waals surface area contributed by atoms with Crippen LogP contribution in [0.4, 0.5) is 0 Å². The summed E-state index contributed by atoms with van der Waals surface area (Å²) in [6.45, 7) is 3.11. The predicted molar refractivity (Wildman–Crippen MR) is 114 cm³/mol. The monoisotopic (exact) mass is 541 g/mol. The Morgan fingerprint density at radius 1 is 1.22 bits per heavy atom. The molecule has 0 aliphatic carbocycles. The van der Waals surface area contributed by atoms with Crippen LogP contribution >= 0.6 is 38.5 Å². The molecule has 0 atom stereocenters. The van der Waals surface area contributed by atoms with Crippen LogP contribution in [-0.2, 0) is 11.3 Å². The van der Waals surface area contributed by atoms with Gasteiger partial charge in [0.1, 0.15) is 4.60 Å². The van der Waals surface area contributed by atoms with Gasteiger partial charge in [-0.05, 0) is 75.3 Å². The highest BCUT2D eigenvalue weighted by molar-refractivity contribution is 14.1. The largest absolute Gasteiger partial charge is 0.491 e. The average molecular weight is 542 g/mol. The van der Waals surface area contributed by atoms with Gasteiger partial charge in [-0.1, -0.05) is 6.92 Å². The van der Waals surface area contributed by atoms with Gasteiger partial charge in [-0.25, -0.2) is 4.98 Å². The van der Waals surface area contributed by atoms with Crippen molar-refractivity contribution in [3.63, 3.8) is 0 Å². The van der Waals surface area contributed by atoms with Crippen LogP contribution < -0.4 is 15.4 Å². The van der Waals surface area contributed by atoms with E-state index in [1.54, 1.807) is 12.3 Å². The van der Waals surface area contributed by atoms with Crippen molar-refractivity contribution >= 4 is 55.9 Å². The van der Waals surface area contributed by atoms with Gasteiger partial charge in [-0.15, -0.1) is 0 Å². The minimum absolute atomic E-state index is 0.378. The zero-order valence-corrected chi connectivity index (χ0v) is 18.3. The number of aromatic nitrogens is 1. The molecule has 1 aromatic carbocycles. The third-order valence-electron chi connectivity index (χ3n) is 3.85. The lowest BCUT2D eigenvalue weighted by Gasteiger charge is -2.18. The molecule has 2 N–H and O–H groups in total. The van der Waals surface area contributed by atoms with Crippen molar-refractivity contribution in [3.05, 3.63) is 61.5 Å². The van der Waals surface area contributed by atoms with E-state index in [1.807, 2.05) is 31.2 Å². The zero-order chi connectivity index (χ0) is 19.4. The molecule has 0 saturated carbocycles. The maximum atomic E-state index is 12.2. The van der Waals surface area contributed by atoms with E-state index in [9.17, 15) is 9.59 Å². The number of hydrogen-bond donors (Lipinski definition) is 2. The molecule has 2 heterocycles. The highest BCUT2D eigenvalue weighted by Gasteiger charge is 2.27. The Morgan fingerprint density at radius 2 is 2.04 bits per heavy atom. The number of carbonyl (C=O) groups is 2. The first kappa shape index (κ1) is 19.8. The molecule has 0 saturated heterocycles. The molecule has 140 valence electrons. The minimum atomic E-state index is -0.417. The molecule has 0 radical (unpaired) electrons. The summed E-state index contributed by atoms with van der Waals surface area (Å²) in [7, 11) is 0. The topological polar surface area (TPSA) is 80.3 Å². The molecule has 0 spiro atoms. The van der Waals surface area contributed by atoms with Crippen LogP contribution in [0.1, 0.15) is 35.0 Å². The van der Waals surface area contributed by atoms with E-state index in [-0.39, 0.29) is 5.91 Å². The van der Waals surface area contributed by atoms with Crippen molar-refractivity contribution in [2.75, 3.05) is 6.61 Å². The first-order valence-corrected chi connectivity index (χ1v) is 10.2. The molecule has 0 fully saturated rings. The molecule has 3 rings (SSSR count). The van der Waals surface area contributed by atoms with E-state index < -0.39 is 5.91 Å². The highest BCUT2D eigenvalue weighted by atomic mass is 127. The first-order chi connectivity index (χ1) is 13.0. The van der Waals surface area contributed by atoms with E-state index in [4.69, 9.17) is 4.74 Å². The average Bonchev–Trinajstić information content (AvgIpc) is 2.63. The second-order valence-corrected chi connectivity index (χ2v) is 7.85. The lowest BCUT2D eigenvalue weighted by molar-refractivity contribution is -0.114. The number of ether oxygens (including phenoxy) is 1. The number of nitrogens with zero attached hydrogens (tertiary/aromatic N) is 1. The molecule has 0 bridgehead atoms. The fourth-order valence-electron chi connectivity index (χ4n) is 2.58. The standard InChI is InChI=1S/C19H17BrIN3O3/c1-2-7-27-16-6-4-12(23-17(16)20)9-22-10-15-14-8-11(21)3-5-13(14)18(25)24-19(15)26/h3-6,8,10,22H,2,7,9H2,1H3,(H,24,25,26). The Kier molecular flexibility index (Phi) is 6.48. The number of imide groups is 1. The number of hydrogen-bond acceptors (Lipinski definition) is 5. The number of amides is 2. The van der Waals surface area contributed by atoms with Crippen LogP contribution in [0.2, 0.25) is 0 Å². The molecule has 2 amide bonds. The Labute approximate surface area is 179 Å². The van der Waals surface area contributed by atoms with Crippen LogP contribution in [-0.4, -0.2) is 23.4 Å². The van der Waals surface area contributed by atoms with E-state index in [0.29, 0.717) is 40.2 Å². The number of rotatable bonds is 6. The summed E-state index contributed by atoms with van der Waals surface area (Å²) >= 11 is 5.56. The summed E-state index contributed by atoms with van der Waals surface area (Å²) in [5, 5.41) is 5.47. The second kappa shape index (κ2) is 8.83. The summed E-state index contributed by atoms with van der Waals surface area (Å²) in [6.07, 6.45) is 2.54. The van der Waals surface area contributed by atoms with Gasteiger partial charge in [0.05, 0.1) is 24.4 Å². The third kappa shape index (κ3) is 4.67. The fraction of sp³-hybridized carbons (Fsp3) is 0.211. The number of halogens is 2. The lowest BCUT2D eigenvalue weighted by atomic mass is 9.96. The molecule has 2 aromatic rings. The van der Waals surface area contributed by atoms with Crippen molar-refractivity contribution in [3.8, 4) is 5.75 Å². The van der Waals surface area contributed by atoms with Crippen LogP contribution in [0.15, 0.2) is 41.1 Å². The van der Waals surface area contributed by atoms with Gasteiger partial charge in [-0.3, -0.25) is 14.9 Å². The number of nitrogens with one attached hydrogen (secondary N) is 2. The summed E-state index contributed by atoms with van der Waals surface area (Å²) in [5.74, 6) is -0.0936. The minimum Gasteiger partial charge on any atom is -0.491 e. The highest BCUT2D eigenvalue weighted by Crippen LogP contribution is 2.26. The van der Waals surface area contributed by atoms with E-state index in [0.717, 1.165) is 15.7 Å². The van der Waals surface area contributed by atoms with Gasteiger partial charge < -0.3 is 10.1 Å². The van der Waals surface area contributed by atoms with Crippen molar-refractivity contribution in [2.24, 2.45) is 0 Å². The fourth-order valence-corrected chi connectivity index (χ4v) is 3.54. The molecule has 1 aliphatic rings. The molecule has 1 aromatic heterocycles. The Hall–Kier alpha value is -1.94. The maximum Gasteiger partial charge on any atom is 0.260 e. The molecule has 27 heavy (non-hydrogen) atoms. The van der Waals surface area contributed by atoms with Gasteiger partial charge in [0, 0.05) is 20.9 Å². The summed E-state index contributed by atoms with van der Waals surface area (Å²) in [5.41, 5.74) is 2.32. The number of fused-ring (bicyclic) bond motifs is 1. The molecule has 8 heteroatoms. The smallest absolute Gasteiger partial charge is 0.260 e. The lowest BCUT2D eigenvalue weighted by Crippen LogP contribution is -2.37. The summed E-state index contributed by atoms with van der Waals surface area (Å²) in [6, 6.07) is 9.11. The summed E-state index contributed by atoms with van der Waals surface area (Å²) in [4.78, 5) is 28.7. The SMILES string of the molecule is CCCOc1ccc(CNC=C2C(=O)NC(=O)c3ccc(I)cc32)nc1Br. The van der Waals surface area contributed by atoms with Crippen LogP contribution in [0.25, 0.3) is 5.57 Å². The number of benzene rings is 1.